The van der Waals surface area contributed by atoms with E-state index in [0.29, 0.717) is 6.42 Å². The van der Waals surface area contributed by atoms with E-state index in [-0.39, 0.29) is 12.5 Å². The van der Waals surface area contributed by atoms with Crippen LogP contribution < -0.4 is 5.32 Å². The molecule has 0 radical (unpaired) electrons. The van der Waals surface area contributed by atoms with Crippen molar-refractivity contribution in [2.45, 2.75) is 38.6 Å². The number of hydrogen-bond donors (Lipinski definition) is 2. The third-order valence-electron chi connectivity index (χ3n) is 3.66. The van der Waals surface area contributed by atoms with Crippen LogP contribution in [0.2, 0.25) is 0 Å². The van der Waals surface area contributed by atoms with Crippen LogP contribution in [0.25, 0.3) is 0 Å². The zero-order valence-corrected chi connectivity index (χ0v) is 11.2. The minimum atomic E-state index is -1.39. The Balaban J connectivity index is 2.03. The lowest BCUT2D eigenvalue weighted by Crippen LogP contribution is -2.45. The second-order valence-electron chi connectivity index (χ2n) is 5.34. The summed E-state index contributed by atoms with van der Waals surface area (Å²) < 4.78 is 1.83. The Labute approximate surface area is 111 Å². The van der Waals surface area contributed by atoms with Crippen LogP contribution in [0.3, 0.4) is 0 Å². The minimum absolute atomic E-state index is 0.166. The fraction of sp³-hybridized carbons (Fsp3) is 0.615. The van der Waals surface area contributed by atoms with Crippen molar-refractivity contribution in [2.24, 2.45) is 12.5 Å². The average Bonchev–Trinajstić information content (AvgIpc) is 3.07. The van der Waals surface area contributed by atoms with Crippen molar-refractivity contribution in [2.75, 3.05) is 0 Å². The number of nitrogens with zero attached hydrogens (tertiary/aromatic N) is 2. The van der Waals surface area contributed by atoms with Gasteiger partial charge in [-0.15, -0.1) is 0 Å². The van der Waals surface area contributed by atoms with Crippen molar-refractivity contribution in [3.05, 3.63) is 18.2 Å². The number of nitrogens with one attached hydrogen (secondary N) is 1. The maximum absolute atomic E-state index is 12.1. The molecular formula is C13H19N3O3. The van der Waals surface area contributed by atoms with Crippen LogP contribution in [0.15, 0.2) is 12.4 Å². The Hall–Kier alpha value is -1.85. The van der Waals surface area contributed by atoms with Crippen LogP contribution in [0.1, 0.15) is 32.0 Å². The van der Waals surface area contributed by atoms with E-state index in [1.807, 2.05) is 11.6 Å². The van der Waals surface area contributed by atoms with Crippen molar-refractivity contribution >= 4 is 11.9 Å². The average molecular weight is 265 g/mol. The molecule has 0 saturated heterocycles. The van der Waals surface area contributed by atoms with Gasteiger partial charge in [-0.1, -0.05) is 0 Å². The number of amides is 1. The molecule has 0 aromatic carbocycles. The number of hydrogen-bond acceptors (Lipinski definition) is 3. The van der Waals surface area contributed by atoms with Crippen LogP contribution >= 0.6 is 0 Å². The standard InChI is InChI=1S/C13H19N3O3/c1-13(12(18)19,11(17)15-9-3-4-9)6-5-10-14-7-8-16(10)2/h7-9H,3-6H2,1-2H3,(H,15,17)(H,18,19). The molecule has 1 aromatic rings. The van der Waals surface area contributed by atoms with Crippen LogP contribution in [0, 0.1) is 5.41 Å². The topological polar surface area (TPSA) is 84.2 Å². The molecule has 2 rings (SSSR count). The summed E-state index contributed by atoms with van der Waals surface area (Å²) in [5, 5.41) is 12.1. The Morgan fingerprint density at radius 2 is 2.26 bits per heavy atom. The quantitative estimate of drug-likeness (QED) is 0.742. The van der Waals surface area contributed by atoms with Gasteiger partial charge < -0.3 is 15.0 Å². The molecule has 1 amide bonds. The minimum Gasteiger partial charge on any atom is -0.480 e. The second-order valence-corrected chi connectivity index (χ2v) is 5.34. The molecule has 6 nitrogen and oxygen atoms in total. The molecule has 1 saturated carbocycles. The van der Waals surface area contributed by atoms with Gasteiger partial charge in [0.25, 0.3) is 0 Å². The monoisotopic (exact) mass is 265 g/mol. The van der Waals surface area contributed by atoms with Gasteiger partial charge >= 0.3 is 5.97 Å². The SMILES string of the molecule is Cn1ccnc1CCC(C)(C(=O)O)C(=O)NC1CC1. The van der Waals surface area contributed by atoms with Crippen LogP contribution in [-0.4, -0.2) is 32.6 Å². The molecule has 1 aliphatic rings. The van der Waals surface area contributed by atoms with Gasteiger partial charge in [0.1, 0.15) is 11.2 Å². The highest BCUT2D eigenvalue weighted by Crippen LogP contribution is 2.27. The molecule has 1 unspecified atom stereocenters. The molecule has 0 bridgehead atoms. The molecule has 0 aliphatic heterocycles. The van der Waals surface area contributed by atoms with E-state index in [4.69, 9.17) is 0 Å². The van der Waals surface area contributed by atoms with Crippen molar-refractivity contribution in [3.63, 3.8) is 0 Å². The summed E-state index contributed by atoms with van der Waals surface area (Å²) >= 11 is 0. The zero-order chi connectivity index (χ0) is 14.0. The predicted octanol–water partition coefficient (Wildman–Crippen LogP) is 0.722. The molecule has 1 fully saturated rings. The number of carboxylic acids is 1. The summed E-state index contributed by atoms with van der Waals surface area (Å²) in [6.45, 7) is 1.48. The van der Waals surface area contributed by atoms with Crippen molar-refractivity contribution in [1.29, 1.82) is 0 Å². The van der Waals surface area contributed by atoms with Crippen LogP contribution in [-0.2, 0) is 23.1 Å². The third-order valence-corrected chi connectivity index (χ3v) is 3.66. The highest BCUT2D eigenvalue weighted by molar-refractivity contribution is 6.01. The van der Waals surface area contributed by atoms with E-state index in [1.54, 1.807) is 12.4 Å². The van der Waals surface area contributed by atoms with Gasteiger partial charge in [-0.3, -0.25) is 9.59 Å². The van der Waals surface area contributed by atoms with Gasteiger partial charge in [0, 0.05) is 31.9 Å². The lowest BCUT2D eigenvalue weighted by atomic mass is 9.84. The zero-order valence-electron chi connectivity index (χ0n) is 11.2. The van der Waals surface area contributed by atoms with Crippen molar-refractivity contribution < 1.29 is 14.7 Å². The first-order valence-electron chi connectivity index (χ1n) is 6.44. The van der Waals surface area contributed by atoms with E-state index in [0.717, 1.165) is 18.7 Å². The Kier molecular flexibility index (Phi) is 3.59. The molecule has 2 N–H and O–H groups in total. The summed E-state index contributed by atoms with van der Waals surface area (Å²) in [5.41, 5.74) is -1.39. The maximum atomic E-state index is 12.1. The number of aliphatic carboxylic acids is 1. The lowest BCUT2D eigenvalue weighted by Gasteiger charge is -2.23. The Morgan fingerprint density at radius 3 is 2.74 bits per heavy atom. The Morgan fingerprint density at radius 1 is 1.58 bits per heavy atom. The Bertz CT molecular complexity index is 493. The van der Waals surface area contributed by atoms with Crippen LogP contribution in [0.4, 0.5) is 0 Å². The maximum Gasteiger partial charge on any atom is 0.318 e. The molecule has 1 aromatic heterocycles. The summed E-state index contributed by atoms with van der Waals surface area (Å²) in [5.74, 6) is -0.691. The molecule has 1 aliphatic carbocycles. The van der Waals surface area contributed by atoms with E-state index in [9.17, 15) is 14.7 Å². The second kappa shape index (κ2) is 5.03. The summed E-state index contributed by atoms with van der Waals surface area (Å²) in [6.07, 6.45) is 6.06. The largest absolute Gasteiger partial charge is 0.480 e. The molecule has 6 heteroatoms. The van der Waals surface area contributed by atoms with Gasteiger partial charge in [-0.25, -0.2) is 4.98 Å². The smallest absolute Gasteiger partial charge is 0.318 e. The molecular weight excluding hydrogens is 246 g/mol. The van der Waals surface area contributed by atoms with Gasteiger partial charge in [-0.2, -0.15) is 0 Å². The summed E-state index contributed by atoms with van der Waals surface area (Å²) in [7, 11) is 1.85. The number of aryl methyl sites for hydroxylation is 2. The first kappa shape index (κ1) is 13.6. The van der Waals surface area contributed by atoms with E-state index < -0.39 is 17.3 Å². The van der Waals surface area contributed by atoms with E-state index >= 15 is 0 Å². The van der Waals surface area contributed by atoms with Crippen molar-refractivity contribution in [3.8, 4) is 0 Å². The molecule has 104 valence electrons. The summed E-state index contributed by atoms with van der Waals surface area (Å²) in [4.78, 5) is 27.7. The first-order chi connectivity index (χ1) is 8.93. The number of rotatable bonds is 6. The lowest BCUT2D eigenvalue weighted by molar-refractivity contribution is -0.155. The van der Waals surface area contributed by atoms with E-state index in [1.165, 1.54) is 6.92 Å². The third kappa shape index (κ3) is 2.94. The fourth-order valence-corrected chi connectivity index (χ4v) is 1.89. The highest BCUT2D eigenvalue weighted by Gasteiger charge is 2.43. The van der Waals surface area contributed by atoms with Gasteiger partial charge in [-0.05, 0) is 26.2 Å². The number of imidazole rings is 1. The summed E-state index contributed by atoms with van der Waals surface area (Å²) in [6, 6.07) is 0.166. The number of carbonyl (C=O) groups is 2. The fourth-order valence-electron chi connectivity index (χ4n) is 1.89. The molecule has 19 heavy (non-hydrogen) atoms. The molecule has 1 atom stereocenters. The van der Waals surface area contributed by atoms with Crippen LogP contribution in [0.5, 0.6) is 0 Å². The van der Waals surface area contributed by atoms with Gasteiger partial charge in [0.15, 0.2) is 0 Å². The first-order valence-corrected chi connectivity index (χ1v) is 6.44. The predicted molar refractivity (Wildman–Crippen MR) is 68.4 cm³/mol. The molecule has 0 spiro atoms. The van der Waals surface area contributed by atoms with Gasteiger partial charge in [0.05, 0.1) is 0 Å². The highest BCUT2D eigenvalue weighted by atomic mass is 16.4. The van der Waals surface area contributed by atoms with E-state index in [2.05, 4.69) is 10.3 Å². The molecule has 1 heterocycles. The normalized spacial score (nSPS) is 17.8. The number of aromatic nitrogens is 2. The van der Waals surface area contributed by atoms with Crippen molar-refractivity contribution in [1.82, 2.24) is 14.9 Å². The number of carboxylic acid groups (broad SMARTS) is 1. The van der Waals surface area contributed by atoms with Gasteiger partial charge in [0.2, 0.25) is 5.91 Å². The number of carbonyl (C=O) groups excluding carboxylic acids is 1.